The summed E-state index contributed by atoms with van der Waals surface area (Å²) >= 11 is 0. The number of amides is 2. The third-order valence-corrected chi connectivity index (χ3v) is 5.35. The molecule has 148 valence electrons. The predicted octanol–water partition coefficient (Wildman–Crippen LogP) is 2.16. The molecule has 0 radical (unpaired) electrons. The number of nitrogens with zero attached hydrogens (tertiary/aromatic N) is 2. The maximum absolute atomic E-state index is 12.9. The molecule has 0 spiro atoms. The molecule has 1 fully saturated rings. The van der Waals surface area contributed by atoms with Gasteiger partial charge in [-0.15, -0.1) is 0 Å². The minimum Gasteiger partial charge on any atom is -0.493 e. The van der Waals surface area contributed by atoms with Crippen LogP contribution in [0.25, 0.3) is 0 Å². The number of aryl methyl sites for hydroxylation is 1. The van der Waals surface area contributed by atoms with Gasteiger partial charge in [0.05, 0.1) is 26.1 Å². The van der Waals surface area contributed by atoms with Crippen LogP contribution in [0.3, 0.4) is 0 Å². The van der Waals surface area contributed by atoms with Gasteiger partial charge in [-0.25, -0.2) is 0 Å². The highest BCUT2D eigenvalue weighted by Gasteiger charge is 2.50. The number of carbonyl (C=O) groups excluding carboxylic acids is 2. The van der Waals surface area contributed by atoms with Gasteiger partial charge in [-0.05, 0) is 43.0 Å². The number of carbonyl (C=O) groups is 2. The minimum absolute atomic E-state index is 0.0249. The van der Waals surface area contributed by atoms with Gasteiger partial charge >= 0.3 is 0 Å². The summed E-state index contributed by atoms with van der Waals surface area (Å²) in [7, 11) is 3.21. The normalized spacial score (nSPS) is 20.3. The van der Waals surface area contributed by atoms with Gasteiger partial charge in [0.25, 0.3) is 0 Å². The molecule has 1 saturated carbocycles. The minimum atomic E-state index is -0.309. The van der Waals surface area contributed by atoms with E-state index in [-0.39, 0.29) is 23.7 Å². The Kier molecular flexibility index (Phi) is 4.70. The highest BCUT2D eigenvalue weighted by molar-refractivity contribution is 5.99. The first-order valence-electron chi connectivity index (χ1n) is 9.27. The lowest BCUT2D eigenvalue weighted by atomic mass is 9.98. The molecule has 2 unspecified atom stereocenters. The summed E-state index contributed by atoms with van der Waals surface area (Å²) in [6.07, 6.45) is 1.32. The van der Waals surface area contributed by atoms with Gasteiger partial charge in [-0.2, -0.15) is 0 Å². The van der Waals surface area contributed by atoms with Crippen molar-refractivity contribution in [3.05, 3.63) is 35.1 Å². The molecule has 2 aliphatic rings. The molecule has 2 heterocycles. The third kappa shape index (κ3) is 3.42. The van der Waals surface area contributed by atoms with E-state index in [0.29, 0.717) is 42.6 Å². The second kappa shape index (κ2) is 7.18. The van der Waals surface area contributed by atoms with Crippen LogP contribution in [0.2, 0.25) is 0 Å². The van der Waals surface area contributed by atoms with E-state index >= 15 is 0 Å². The Hall–Kier alpha value is -3.03. The standard InChI is InChI=1S/C20H23N3O5/c1-11-6-18(22-28-11)21-19(24)14-9-15(14)20(25)23-5-4-12-7-16(26-2)17(27-3)8-13(12)10-23/h6-8,14-15H,4-5,9-10H2,1-3H3,(H,21,22,24). The highest BCUT2D eigenvalue weighted by Crippen LogP contribution is 2.42. The topological polar surface area (TPSA) is 93.9 Å². The Morgan fingerprint density at radius 1 is 1.14 bits per heavy atom. The zero-order chi connectivity index (χ0) is 19.8. The van der Waals surface area contributed by atoms with Crippen molar-refractivity contribution in [2.45, 2.75) is 26.3 Å². The highest BCUT2D eigenvalue weighted by atomic mass is 16.5. The maximum Gasteiger partial charge on any atom is 0.229 e. The Morgan fingerprint density at radius 2 is 1.86 bits per heavy atom. The van der Waals surface area contributed by atoms with E-state index in [2.05, 4.69) is 10.5 Å². The van der Waals surface area contributed by atoms with E-state index < -0.39 is 0 Å². The fraction of sp³-hybridized carbons (Fsp3) is 0.450. The average Bonchev–Trinajstić information content (AvgIpc) is 3.41. The molecule has 0 saturated heterocycles. The second-order valence-corrected chi connectivity index (χ2v) is 7.25. The number of benzene rings is 1. The summed E-state index contributed by atoms with van der Waals surface area (Å²) in [6, 6.07) is 5.56. The van der Waals surface area contributed by atoms with Crippen molar-refractivity contribution < 1.29 is 23.6 Å². The van der Waals surface area contributed by atoms with Crippen LogP contribution in [0.5, 0.6) is 11.5 Å². The summed E-state index contributed by atoms with van der Waals surface area (Å²) in [5.74, 6) is 1.62. The van der Waals surface area contributed by atoms with Crippen molar-refractivity contribution >= 4 is 17.6 Å². The van der Waals surface area contributed by atoms with E-state index in [9.17, 15) is 9.59 Å². The van der Waals surface area contributed by atoms with Crippen molar-refractivity contribution in [2.24, 2.45) is 11.8 Å². The molecule has 2 amide bonds. The number of methoxy groups -OCH3 is 2. The van der Waals surface area contributed by atoms with Crippen molar-refractivity contribution in [3.8, 4) is 11.5 Å². The summed E-state index contributed by atoms with van der Waals surface area (Å²) in [5.41, 5.74) is 2.21. The molecule has 1 aliphatic heterocycles. The van der Waals surface area contributed by atoms with Gasteiger partial charge in [0.15, 0.2) is 17.3 Å². The molecule has 0 bridgehead atoms. The number of ether oxygens (including phenoxy) is 2. The van der Waals surface area contributed by atoms with Crippen molar-refractivity contribution in [2.75, 3.05) is 26.1 Å². The number of hydrogen-bond acceptors (Lipinski definition) is 6. The molecule has 8 nitrogen and oxygen atoms in total. The molecule has 1 aliphatic carbocycles. The average molecular weight is 385 g/mol. The molecule has 1 N–H and O–H groups in total. The van der Waals surface area contributed by atoms with Crippen LogP contribution >= 0.6 is 0 Å². The first-order chi connectivity index (χ1) is 13.5. The van der Waals surface area contributed by atoms with Crippen LogP contribution in [0.4, 0.5) is 5.82 Å². The van der Waals surface area contributed by atoms with Crippen LogP contribution in [-0.2, 0) is 22.6 Å². The fourth-order valence-corrected chi connectivity index (χ4v) is 3.71. The predicted molar refractivity (Wildman–Crippen MR) is 100 cm³/mol. The third-order valence-electron chi connectivity index (χ3n) is 5.35. The first-order valence-corrected chi connectivity index (χ1v) is 9.27. The molecule has 28 heavy (non-hydrogen) atoms. The van der Waals surface area contributed by atoms with Gasteiger partial charge in [0.2, 0.25) is 11.8 Å². The van der Waals surface area contributed by atoms with Crippen molar-refractivity contribution in [1.29, 1.82) is 0 Å². The van der Waals surface area contributed by atoms with E-state index in [0.717, 1.165) is 17.5 Å². The van der Waals surface area contributed by atoms with E-state index in [1.807, 2.05) is 17.0 Å². The number of anilines is 1. The van der Waals surface area contributed by atoms with Crippen LogP contribution in [0, 0.1) is 18.8 Å². The Balaban J connectivity index is 1.39. The maximum atomic E-state index is 12.9. The van der Waals surface area contributed by atoms with Gasteiger partial charge in [-0.1, -0.05) is 5.16 Å². The summed E-state index contributed by atoms with van der Waals surface area (Å²) in [5, 5.41) is 6.47. The monoisotopic (exact) mass is 385 g/mol. The van der Waals surface area contributed by atoms with E-state index in [1.54, 1.807) is 27.2 Å². The van der Waals surface area contributed by atoms with Crippen LogP contribution in [-0.4, -0.2) is 42.6 Å². The molecule has 2 aromatic rings. The smallest absolute Gasteiger partial charge is 0.229 e. The number of hydrogen-bond donors (Lipinski definition) is 1. The lowest BCUT2D eigenvalue weighted by molar-refractivity contribution is -0.135. The summed E-state index contributed by atoms with van der Waals surface area (Å²) in [6.45, 7) is 2.90. The van der Waals surface area contributed by atoms with Crippen LogP contribution < -0.4 is 14.8 Å². The molecule has 1 aromatic carbocycles. The lowest BCUT2D eigenvalue weighted by Gasteiger charge is -2.30. The van der Waals surface area contributed by atoms with E-state index in [1.165, 1.54) is 0 Å². The Bertz CT molecular complexity index is 923. The molecule has 4 rings (SSSR count). The van der Waals surface area contributed by atoms with Gasteiger partial charge in [0.1, 0.15) is 5.76 Å². The molecule has 2 atom stereocenters. The zero-order valence-corrected chi connectivity index (χ0v) is 16.2. The lowest BCUT2D eigenvalue weighted by Crippen LogP contribution is -2.37. The summed E-state index contributed by atoms with van der Waals surface area (Å²) < 4.78 is 15.7. The van der Waals surface area contributed by atoms with Gasteiger partial charge < -0.3 is 24.2 Å². The van der Waals surface area contributed by atoms with Crippen molar-refractivity contribution in [1.82, 2.24) is 10.1 Å². The zero-order valence-electron chi connectivity index (χ0n) is 16.2. The summed E-state index contributed by atoms with van der Waals surface area (Å²) in [4.78, 5) is 27.0. The largest absolute Gasteiger partial charge is 0.493 e. The Labute approximate surface area is 162 Å². The number of fused-ring (bicyclic) bond motifs is 1. The molecular weight excluding hydrogens is 362 g/mol. The van der Waals surface area contributed by atoms with Crippen LogP contribution in [0.15, 0.2) is 22.7 Å². The number of aromatic nitrogens is 1. The number of nitrogens with one attached hydrogen (secondary N) is 1. The molecule has 8 heteroatoms. The molecule has 1 aromatic heterocycles. The second-order valence-electron chi connectivity index (χ2n) is 7.25. The van der Waals surface area contributed by atoms with Gasteiger partial charge in [-0.3, -0.25) is 9.59 Å². The SMILES string of the molecule is COc1cc2c(cc1OC)CN(C(=O)C1CC1C(=O)Nc1cc(C)on1)CC2. The number of rotatable bonds is 5. The Morgan fingerprint density at radius 3 is 2.50 bits per heavy atom. The first kappa shape index (κ1) is 18.3. The molecular formula is C20H23N3O5. The van der Waals surface area contributed by atoms with Crippen LogP contribution in [0.1, 0.15) is 23.3 Å². The fourth-order valence-electron chi connectivity index (χ4n) is 3.71. The quantitative estimate of drug-likeness (QED) is 0.848. The van der Waals surface area contributed by atoms with E-state index in [4.69, 9.17) is 14.0 Å². The van der Waals surface area contributed by atoms with Gasteiger partial charge in [0, 0.05) is 19.2 Å². The van der Waals surface area contributed by atoms with Crippen molar-refractivity contribution in [3.63, 3.8) is 0 Å².